The first-order chi connectivity index (χ1) is 14.0. The van der Waals surface area contributed by atoms with Gasteiger partial charge in [-0.25, -0.2) is 0 Å². The van der Waals surface area contributed by atoms with Crippen molar-refractivity contribution in [3.05, 3.63) is 76.4 Å². The average molecular weight is 415 g/mol. The third-order valence-corrected chi connectivity index (χ3v) is 4.31. The van der Waals surface area contributed by atoms with Crippen LogP contribution in [0, 0.1) is 0 Å². The summed E-state index contributed by atoms with van der Waals surface area (Å²) >= 11 is 5.90. The molecule has 0 radical (unpaired) electrons. The Bertz CT molecular complexity index is 864. The van der Waals surface area contributed by atoms with E-state index in [-0.39, 0.29) is 18.0 Å². The maximum absolute atomic E-state index is 12.6. The summed E-state index contributed by atoms with van der Waals surface area (Å²) in [5.74, 6) is -1.63. The van der Waals surface area contributed by atoms with Crippen molar-refractivity contribution in [1.29, 1.82) is 0 Å². The number of carboxylic acid groups (broad SMARTS) is 1. The van der Waals surface area contributed by atoms with Gasteiger partial charge in [-0.2, -0.15) is 0 Å². The molecule has 2 aromatic carbocycles. The van der Waals surface area contributed by atoms with Gasteiger partial charge in [-0.1, -0.05) is 48.4 Å². The average Bonchev–Trinajstić information content (AvgIpc) is 2.71. The van der Waals surface area contributed by atoms with Crippen molar-refractivity contribution in [1.82, 2.24) is 10.6 Å². The highest BCUT2D eigenvalue weighted by Gasteiger charge is 2.14. The SMILES string of the molecule is O=C(O)CCCCCNC(=O)C(=Cc1ccc(Cl)cc1)NC(=O)c1ccccc1. The molecule has 0 fully saturated rings. The molecule has 0 heterocycles. The van der Waals surface area contributed by atoms with Crippen LogP contribution in [-0.4, -0.2) is 29.4 Å². The van der Waals surface area contributed by atoms with Crippen LogP contribution in [0.5, 0.6) is 0 Å². The Labute approximate surface area is 174 Å². The Hall–Kier alpha value is -3.12. The predicted octanol–water partition coefficient (Wildman–Crippen LogP) is 3.87. The van der Waals surface area contributed by atoms with Gasteiger partial charge in [0.05, 0.1) is 0 Å². The molecule has 3 N–H and O–H groups in total. The second kappa shape index (κ2) is 11.7. The predicted molar refractivity (Wildman–Crippen MR) is 112 cm³/mol. The van der Waals surface area contributed by atoms with E-state index < -0.39 is 11.9 Å². The van der Waals surface area contributed by atoms with E-state index in [2.05, 4.69) is 10.6 Å². The first-order valence-electron chi connectivity index (χ1n) is 9.29. The molecule has 2 rings (SSSR count). The van der Waals surface area contributed by atoms with Crippen LogP contribution >= 0.6 is 11.6 Å². The number of halogens is 1. The Kier molecular flexibility index (Phi) is 8.92. The molecule has 152 valence electrons. The first-order valence-corrected chi connectivity index (χ1v) is 9.67. The molecule has 2 aromatic rings. The molecule has 0 saturated carbocycles. The Balaban J connectivity index is 2.03. The lowest BCUT2D eigenvalue weighted by Crippen LogP contribution is -2.35. The number of carbonyl (C=O) groups excluding carboxylic acids is 2. The van der Waals surface area contributed by atoms with E-state index in [1.54, 1.807) is 60.7 Å². The second-order valence-electron chi connectivity index (χ2n) is 6.39. The monoisotopic (exact) mass is 414 g/mol. The number of carboxylic acids is 1. The van der Waals surface area contributed by atoms with E-state index in [0.717, 1.165) is 5.56 Å². The zero-order valence-electron chi connectivity index (χ0n) is 15.9. The molecule has 6 nitrogen and oxygen atoms in total. The summed E-state index contributed by atoms with van der Waals surface area (Å²) in [4.78, 5) is 35.6. The molecule has 0 spiro atoms. The largest absolute Gasteiger partial charge is 0.481 e. The smallest absolute Gasteiger partial charge is 0.303 e. The van der Waals surface area contributed by atoms with Gasteiger partial charge in [-0.05, 0) is 48.7 Å². The maximum Gasteiger partial charge on any atom is 0.303 e. The molecule has 0 saturated heterocycles. The molecule has 0 aliphatic heterocycles. The van der Waals surface area contributed by atoms with Crippen molar-refractivity contribution in [2.24, 2.45) is 0 Å². The normalized spacial score (nSPS) is 11.0. The molecule has 0 bridgehead atoms. The zero-order chi connectivity index (χ0) is 21.1. The number of aliphatic carboxylic acids is 1. The fraction of sp³-hybridized carbons (Fsp3) is 0.227. The fourth-order valence-electron chi connectivity index (χ4n) is 2.54. The van der Waals surface area contributed by atoms with Gasteiger partial charge in [0, 0.05) is 23.6 Å². The minimum absolute atomic E-state index is 0.114. The molecule has 2 amide bonds. The van der Waals surface area contributed by atoms with Crippen LogP contribution in [0.25, 0.3) is 6.08 Å². The number of unbranched alkanes of at least 4 members (excludes halogenated alkanes) is 2. The van der Waals surface area contributed by atoms with E-state index in [1.807, 2.05) is 0 Å². The van der Waals surface area contributed by atoms with E-state index >= 15 is 0 Å². The lowest BCUT2D eigenvalue weighted by molar-refractivity contribution is -0.137. The zero-order valence-corrected chi connectivity index (χ0v) is 16.6. The van der Waals surface area contributed by atoms with Crippen LogP contribution in [-0.2, 0) is 9.59 Å². The number of nitrogens with one attached hydrogen (secondary N) is 2. The fourth-order valence-corrected chi connectivity index (χ4v) is 2.67. The highest BCUT2D eigenvalue weighted by molar-refractivity contribution is 6.30. The molecule has 0 aromatic heterocycles. The summed E-state index contributed by atoms with van der Waals surface area (Å²) in [6, 6.07) is 15.5. The van der Waals surface area contributed by atoms with Crippen LogP contribution in [0.15, 0.2) is 60.3 Å². The standard InChI is InChI=1S/C22H23ClN2O4/c23-18-12-10-16(11-13-18)15-19(25-21(28)17-7-3-1-4-8-17)22(29)24-14-6-2-5-9-20(26)27/h1,3-4,7-8,10-13,15H,2,5-6,9,14H2,(H,24,29)(H,25,28)(H,26,27). The van der Waals surface area contributed by atoms with Gasteiger partial charge in [0.25, 0.3) is 11.8 Å². The molecule has 0 aliphatic carbocycles. The van der Waals surface area contributed by atoms with Gasteiger partial charge in [0.2, 0.25) is 0 Å². The highest BCUT2D eigenvalue weighted by atomic mass is 35.5. The number of hydrogen-bond acceptors (Lipinski definition) is 3. The molecular formula is C22H23ClN2O4. The van der Waals surface area contributed by atoms with Crippen LogP contribution in [0.3, 0.4) is 0 Å². The number of carbonyl (C=O) groups is 3. The number of rotatable bonds is 10. The van der Waals surface area contributed by atoms with E-state index in [4.69, 9.17) is 16.7 Å². The van der Waals surface area contributed by atoms with Crippen LogP contribution in [0.2, 0.25) is 5.02 Å². The lowest BCUT2D eigenvalue weighted by Gasteiger charge is -2.11. The lowest BCUT2D eigenvalue weighted by atomic mass is 10.1. The first kappa shape index (κ1) is 22.2. The van der Waals surface area contributed by atoms with Crippen molar-refractivity contribution in [2.45, 2.75) is 25.7 Å². The third-order valence-electron chi connectivity index (χ3n) is 4.06. The summed E-state index contributed by atoms with van der Waals surface area (Å²) < 4.78 is 0. The summed E-state index contributed by atoms with van der Waals surface area (Å²) in [7, 11) is 0. The van der Waals surface area contributed by atoms with Crippen LogP contribution in [0.4, 0.5) is 0 Å². The topological polar surface area (TPSA) is 95.5 Å². The molecule has 0 aliphatic rings. The van der Waals surface area contributed by atoms with Gasteiger partial charge >= 0.3 is 5.97 Å². The highest BCUT2D eigenvalue weighted by Crippen LogP contribution is 2.12. The molecule has 0 unspecified atom stereocenters. The van der Waals surface area contributed by atoms with Crippen molar-refractivity contribution in [3.63, 3.8) is 0 Å². The minimum atomic E-state index is -0.828. The molecule has 7 heteroatoms. The van der Waals surface area contributed by atoms with Gasteiger partial charge in [-0.15, -0.1) is 0 Å². The summed E-state index contributed by atoms with van der Waals surface area (Å²) in [5, 5.41) is 14.6. The summed E-state index contributed by atoms with van der Waals surface area (Å²) in [5.41, 5.74) is 1.28. The van der Waals surface area contributed by atoms with Crippen molar-refractivity contribution < 1.29 is 19.5 Å². The quantitative estimate of drug-likeness (QED) is 0.406. The molecular weight excluding hydrogens is 392 g/mol. The van der Waals surface area contributed by atoms with Gasteiger partial charge in [0.1, 0.15) is 5.70 Å². The third kappa shape index (κ3) is 8.19. The van der Waals surface area contributed by atoms with Crippen molar-refractivity contribution >= 4 is 35.5 Å². The minimum Gasteiger partial charge on any atom is -0.481 e. The Morgan fingerprint density at radius 3 is 2.28 bits per heavy atom. The van der Waals surface area contributed by atoms with Gasteiger partial charge < -0.3 is 15.7 Å². The van der Waals surface area contributed by atoms with Crippen LogP contribution < -0.4 is 10.6 Å². The number of amides is 2. The van der Waals surface area contributed by atoms with Crippen molar-refractivity contribution in [3.8, 4) is 0 Å². The van der Waals surface area contributed by atoms with Gasteiger partial charge in [-0.3, -0.25) is 14.4 Å². The molecule has 29 heavy (non-hydrogen) atoms. The van der Waals surface area contributed by atoms with Gasteiger partial charge in [0.15, 0.2) is 0 Å². The summed E-state index contributed by atoms with van der Waals surface area (Å²) in [6.07, 6.45) is 3.60. The number of hydrogen-bond donors (Lipinski definition) is 3. The van der Waals surface area contributed by atoms with E-state index in [9.17, 15) is 14.4 Å². The van der Waals surface area contributed by atoms with Crippen molar-refractivity contribution in [2.75, 3.05) is 6.54 Å². The Morgan fingerprint density at radius 1 is 0.931 bits per heavy atom. The maximum atomic E-state index is 12.6. The number of benzene rings is 2. The van der Waals surface area contributed by atoms with E-state index in [0.29, 0.717) is 36.4 Å². The summed E-state index contributed by atoms with van der Waals surface area (Å²) in [6.45, 7) is 0.387. The second-order valence-corrected chi connectivity index (χ2v) is 6.83. The Morgan fingerprint density at radius 2 is 1.62 bits per heavy atom. The molecule has 0 atom stereocenters. The van der Waals surface area contributed by atoms with Crippen LogP contribution in [0.1, 0.15) is 41.6 Å². The van der Waals surface area contributed by atoms with E-state index in [1.165, 1.54) is 0 Å².